The van der Waals surface area contributed by atoms with Gasteiger partial charge in [-0.2, -0.15) is 0 Å². The van der Waals surface area contributed by atoms with Gasteiger partial charge in [0.2, 0.25) is 0 Å². The molecule has 2 rings (SSSR count). The van der Waals surface area contributed by atoms with Crippen molar-refractivity contribution in [2.24, 2.45) is 0 Å². The van der Waals surface area contributed by atoms with Gasteiger partial charge in [0, 0.05) is 25.3 Å². The third-order valence-electron chi connectivity index (χ3n) is 2.87. The molecule has 0 radical (unpaired) electrons. The molecular formula is C16H15NS2. The molecule has 0 atom stereocenters. The minimum absolute atomic E-state index is 0.727. The molecule has 2 aromatic rings. The van der Waals surface area contributed by atoms with Gasteiger partial charge in [0.1, 0.15) is 0 Å². The molecular weight excluding hydrogens is 270 g/mol. The number of hydrogen-bond acceptors (Lipinski definition) is 3. The van der Waals surface area contributed by atoms with Crippen LogP contribution in [0.4, 0.5) is 5.69 Å². The molecule has 0 heterocycles. The maximum Gasteiger partial charge on any atom is 0.0656 e. The minimum atomic E-state index is 0.727. The van der Waals surface area contributed by atoms with Crippen LogP contribution in [-0.4, -0.2) is 23.8 Å². The van der Waals surface area contributed by atoms with Gasteiger partial charge in [-0.3, -0.25) is 0 Å². The second-order valence-electron chi connectivity index (χ2n) is 4.44. The second kappa shape index (κ2) is 6.04. The Bertz CT molecular complexity index is 603. The Labute approximate surface area is 124 Å². The standard InChI is InChI=1S/C16H15NS2/c1-17(2)14-11-7-6-10-13(14)16(19)15(18)12-8-4-3-5-9-12/h3-11H,1-2H3. The van der Waals surface area contributed by atoms with Gasteiger partial charge >= 0.3 is 0 Å². The molecule has 19 heavy (non-hydrogen) atoms. The first-order valence-electron chi connectivity index (χ1n) is 6.01. The van der Waals surface area contributed by atoms with E-state index in [0.29, 0.717) is 0 Å². The van der Waals surface area contributed by atoms with Crippen LogP contribution in [0.2, 0.25) is 0 Å². The Morgan fingerprint density at radius 3 is 2.00 bits per heavy atom. The lowest BCUT2D eigenvalue weighted by Crippen LogP contribution is -2.18. The first kappa shape index (κ1) is 13.8. The van der Waals surface area contributed by atoms with Crippen molar-refractivity contribution in [3.05, 3.63) is 65.7 Å². The summed E-state index contributed by atoms with van der Waals surface area (Å²) in [7, 11) is 4.01. The summed E-state index contributed by atoms with van der Waals surface area (Å²) in [6.45, 7) is 0. The van der Waals surface area contributed by atoms with E-state index in [2.05, 4.69) is 11.0 Å². The molecule has 0 aliphatic carbocycles. The largest absolute Gasteiger partial charge is 0.377 e. The summed E-state index contributed by atoms with van der Waals surface area (Å²) in [6.07, 6.45) is 0. The molecule has 0 aliphatic heterocycles. The smallest absolute Gasteiger partial charge is 0.0656 e. The highest BCUT2D eigenvalue weighted by Crippen LogP contribution is 2.21. The van der Waals surface area contributed by atoms with Crippen LogP contribution in [0.1, 0.15) is 11.1 Å². The third-order valence-corrected chi connectivity index (χ3v) is 3.87. The number of para-hydroxylation sites is 1. The molecule has 3 heteroatoms. The molecule has 2 aromatic carbocycles. The monoisotopic (exact) mass is 285 g/mol. The SMILES string of the molecule is CN(C)c1ccccc1C(=S)C(=S)c1ccccc1. The van der Waals surface area contributed by atoms with Crippen molar-refractivity contribution < 1.29 is 0 Å². The molecule has 0 unspecified atom stereocenters. The lowest BCUT2D eigenvalue weighted by Gasteiger charge is -2.18. The maximum absolute atomic E-state index is 5.56. The summed E-state index contributed by atoms with van der Waals surface area (Å²) in [5, 5.41) is 0. The van der Waals surface area contributed by atoms with Crippen LogP contribution in [0, 0.1) is 0 Å². The van der Waals surface area contributed by atoms with E-state index in [9.17, 15) is 0 Å². The fourth-order valence-corrected chi connectivity index (χ4v) is 2.44. The zero-order valence-corrected chi connectivity index (χ0v) is 12.6. The molecule has 0 aliphatic rings. The zero-order chi connectivity index (χ0) is 13.8. The van der Waals surface area contributed by atoms with E-state index in [4.69, 9.17) is 24.4 Å². The predicted octanol–water partition coefficient (Wildman–Crippen LogP) is 3.89. The first-order valence-corrected chi connectivity index (χ1v) is 6.83. The molecule has 0 bridgehead atoms. The average molecular weight is 285 g/mol. The van der Waals surface area contributed by atoms with Gasteiger partial charge in [0.25, 0.3) is 0 Å². The Morgan fingerprint density at radius 2 is 1.37 bits per heavy atom. The average Bonchev–Trinajstić information content (AvgIpc) is 2.46. The molecule has 0 aromatic heterocycles. The van der Waals surface area contributed by atoms with E-state index >= 15 is 0 Å². The van der Waals surface area contributed by atoms with E-state index in [1.165, 1.54) is 0 Å². The third kappa shape index (κ3) is 3.06. The maximum atomic E-state index is 5.56. The molecule has 0 spiro atoms. The normalized spacial score (nSPS) is 10.0. The van der Waals surface area contributed by atoms with E-state index in [1.807, 2.05) is 62.6 Å². The fourth-order valence-electron chi connectivity index (χ4n) is 1.90. The van der Waals surface area contributed by atoms with Crippen molar-refractivity contribution >= 4 is 39.9 Å². The lowest BCUT2D eigenvalue weighted by atomic mass is 10.0. The molecule has 0 N–H and O–H groups in total. The number of thiocarbonyl (C=S) groups is 2. The molecule has 0 saturated heterocycles. The van der Waals surface area contributed by atoms with Gasteiger partial charge in [0.15, 0.2) is 0 Å². The number of anilines is 1. The molecule has 0 fully saturated rings. The zero-order valence-electron chi connectivity index (χ0n) is 11.0. The topological polar surface area (TPSA) is 3.24 Å². The molecule has 96 valence electrons. The molecule has 0 saturated carbocycles. The van der Waals surface area contributed by atoms with Gasteiger partial charge in [-0.1, -0.05) is 73.0 Å². The van der Waals surface area contributed by atoms with Gasteiger partial charge in [-0.25, -0.2) is 0 Å². The Balaban J connectivity index is 2.38. The van der Waals surface area contributed by atoms with Crippen molar-refractivity contribution in [2.45, 2.75) is 0 Å². The Hall–Kier alpha value is -1.58. The van der Waals surface area contributed by atoms with Gasteiger partial charge in [0.05, 0.1) is 9.73 Å². The first-order chi connectivity index (χ1) is 9.11. The van der Waals surface area contributed by atoms with Crippen LogP contribution in [-0.2, 0) is 0 Å². The predicted molar refractivity (Wildman–Crippen MR) is 90.6 cm³/mol. The van der Waals surface area contributed by atoms with Crippen molar-refractivity contribution in [3.8, 4) is 0 Å². The number of benzene rings is 2. The van der Waals surface area contributed by atoms with E-state index < -0.39 is 0 Å². The van der Waals surface area contributed by atoms with E-state index in [1.54, 1.807) is 0 Å². The van der Waals surface area contributed by atoms with Crippen LogP contribution in [0.5, 0.6) is 0 Å². The Kier molecular flexibility index (Phi) is 4.40. The van der Waals surface area contributed by atoms with Crippen molar-refractivity contribution in [1.82, 2.24) is 0 Å². The number of nitrogens with zero attached hydrogens (tertiary/aromatic N) is 1. The van der Waals surface area contributed by atoms with Gasteiger partial charge in [-0.05, 0) is 11.6 Å². The minimum Gasteiger partial charge on any atom is -0.377 e. The highest BCUT2D eigenvalue weighted by Gasteiger charge is 2.14. The fraction of sp³-hybridized carbons (Fsp3) is 0.125. The van der Waals surface area contributed by atoms with Crippen LogP contribution in [0.3, 0.4) is 0 Å². The quantitative estimate of drug-likeness (QED) is 0.620. The lowest BCUT2D eigenvalue weighted by molar-refractivity contribution is 1.13. The van der Waals surface area contributed by atoms with Crippen molar-refractivity contribution in [3.63, 3.8) is 0 Å². The second-order valence-corrected chi connectivity index (χ2v) is 5.25. The van der Waals surface area contributed by atoms with Gasteiger partial charge < -0.3 is 4.90 Å². The van der Waals surface area contributed by atoms with Crippen molar-refractivity contribution in [2.75, 3.05) is 19.0 Å². The summed E-state index contributed by atoms with van der Waals surface area (Å²) >= 11 is 11.1. The van der Waals surface area contributed by atoms with Crippen LogP contribution < -0.4 is 4.90 Å². The van der Waals surface area contributed by atoms with Crippen LogP contribution >= 0.6 is 24.4 Å². The molecule has 1 nitrogen and oxygen atoms in total. The summed E-state index contributed by atoms with van der Waals surface area (Å²) in [5.41, 5.74) is 3.10. The van der Waals surface area contributed by atoms with E-state index in [0.717, 1.165) is 26.5 Å². The Morgan fingerprint density at radius 1 is 0.789 bits per heavy atom. The number of hydrogen-bond donors (Lipinski definition) is 0. The summed E-state index contributed by atoms with van der Waals surface area (Å²) in [6, 6.07) is 18.0. The van der Waals surface area contributed by atoms with Crippen molar-refractivity contribution in [1.29, 1.82) is 0 Å². The highest BCUT2D eigenvalue weighted by molar-refractivity contribution is 7.90. The van der Waals surface area contributed by atoms with Gasteiger partial charge in [-0.15, -0.1) is 0 Å². The van der Waals surface area contributed by atoms with E-state index in [-0.39, 0.29) is 0 Å². The van der Waals surface area contributed by atoms with Crippen LogP contribution in [0.25, 0.3) is 0 Å². The molecule has 0 amide bonds. The number of rotatable bonds is 4. The summed E-state index contributed by atoms with van der Waals surface area (Å²) in [5.74, 6) is 0. The summed E-state index contributed by atoms with van der Waals surface area (Å²) in [4.78, 5) is 3.50. The van der Waals surface area contributed by atoms with Crippen LogP contribution in [0.15, 0.2) is 54.6 Å². The highest BCUT2D eigenvalue weighted by atomic mass is 32.1. The summed E-state index contributed by atoms with van der Waals surface area (Å²) < 4.78 is 0.